The molecule has 1 heterocycles. The van der Waals surface area contributed by atoms with Crippen LogP contribution >= 0.6 is 0 Å². The molecule has 0 aliphatic carbocycles. The van der Waals surface area contributed by atoms with Gasteiger partial charge in [-0.05, 0) is 57.9 Å². The topological polar surface area (TPSA) is 114 Å². The Morgan fingerprint density at radius 2 is 1.66 bits per heavy atom. The maximum Gasteiger partial charge on any atom is 0.247 e. The first-order valence-corrected chi connectivity index (χ1v) is 12.5. The van der Waals surface area contributed by atoms with E-state index in [0.29, 0.717) is 17.1 Å². The third kappa shape index (κ3) is 8.19. The lowest BCUT2D eigenvalue weighted by atomic mass is 10.00. The lowest BCUT2D eigenvalue weighted by Gasteiger charge is -2.34. The van der Waals surface area contributed by atoms with E-state index in [1.54, 1.807) is 44.4 Å². The van der Waals surface area contributed by atoms with Gasteiger partial charge in [0.1, 0.15) is 17.6 Å². The molecule has 3 aromatic rings. The largest absolute Gasteiger partial charge is 0.497 e. The third-order valence-electron chi connectivity index (χ3n) is 5.75. The lowest BCUT2D eigenvalue weighted by Crippen LogP contribution is -2.49. The van der Waals surface area contributed by atoms with E-state index in [2.05, 4.69) is 15.8 Å². The summed E-state index contributed by atoms with van der Waals surface area (Å²) < 4.78 is 10.3. The van der Waals surface area contributed by atoms with Crippen molar-refractivity contribution in [1.82, 2.24) is 15.4 Å². The number of nitrogens with one attached hydrogen (secondary N) is 2. The van der Waals surface area contributed by atoms with Gasteiger partial charge in [-0.1, -0.05) is 47.1 Å². The predicted octanol–water partition coefficient (Wildman–Crippen LogP) is 4.70. The SMILES string of the molecule is COc1ccc([C@H](C(=O)NC(C)(C)C)N(Cc2ccc(C)cc2)C(=O)CCC(=O)Nc2cc(C)on2)cc1. The Balaban J connectivity index is 1.91. The highest BCUT2D eigenvalue weighted by Crippen LogP contribution is 2.27. The number of methoxy groups -OCH3 is 1. The van der Waals surface area contributed by atoms with Gasteiger partial charge in [-0.3, -0.25) is 14.4 Å². The molecule has 0 aliphatic heterocycles. The minimum Gasteiger partial charge on any atom is -0.497 e. The first kappa shape index (κ1) is 28.4. The summed E-state index contributed by atoms with van der Waals surface area (Å²) >= 11 is 0. The molecule has 3 amide bonds. The van der Waals surface area contributed by atoms with Crippen molar-refractivity contribution in [3.8, 4) is 5.75 Å². The Morgan fingerprint density at radius 1 is 1.00 bits per heavy atom. The highest BCUT2D eigenvalue weighted by molar-refractivity contribution is 5.94. The zero-order valence-electron chi connectivity index (χ0n) is 22.8. The molecule has 2 aromatic carbocycles. The van der Waals surface area contributed by atoms with E-state index in [9.17, 15) is 14.4 Å². The van der Waals surface area contributed by atoms with E-state index < -0.39 is 11.6 Å². The molecule has 1 atom stereocenters. The summed E-state index contributed by atoms with van der Waals surface area (Å²) in [4.78, 5) is 41.4. The van der Waals surface area contributed by atoms with Crippen LogP contribution in [-0.4, -0.2) is 40.4 Å². The number of nitrogens with zero attached hydrogens (tertiary/aromatic N) is 2. The van der Waals surface area contributed by atoms with Gasteiger partial charge in [-0.15, -0.1) is 0 Å². The lowest BCUT2D eigenvalue weighted by molar-refractivity contribution is -0.142. The number of carbonyl (C=O) groups excluding carboxylic acids is 3. The van der Waals surface area contributed by atoms with Crippen LogP contribution < -0.4 is 15.4 Å². The molecule has 2 N–H and O–H groups in total. The van der Waals surface area contributed by atoms with Crippen LogP contribution in [0.15, 0.2) is 59.1 Å². The van der Waals surface area contributed by atoms with Crippen LogP contribution in [0, 0.1) is 13.8 Å². The average Bonchev–Trinajstić information content (AvgIpc) is 3.27. The molecular formula is C29H36N4O5. The van der Waals surface area contributed by atoms with Crippen LogP contribution in [0.1, 0.15) is 62.1 Å². The summed E-state index contributed by atoms with van der Waals surface area (Å²) in [5, 5.41) is 9.40. The monoisotopic (exact) mass is 520 g/mol. The minimum absolute atomic E-state index is 0.0780. The number of hydrogen-bond donors (Lipinski definition) is 2. The van der Waals surface area contributed by atoms with E-state index in [1.807, 2.05) is 52.0 Å². The zero-order valence-corrected chi connectivity index (χ0v) is 22.8. The Kier molecular flexibility index (Phi) is 9.28. The van der Waals surface area contributed by atoms with Gasteiger partial charge in [-0.25, -0.2) is 0 Å². The van der Waals surface area contributed by atoms with Crippen LogP contribution in [0.25, 0.3) is 0 Å². The summed E-state index contributed by atoms with van der Waals surface area (Å²) in [6, 6.07) is 15.5. The van der Waals surface area contributed by atoms with Crippen molar-refractivity contribution in [1.29, 1.82) is 0 Å². The van der Waals surface area contributed by atoms with Crippen molar-refractivity contribution in [2.75, 3.05) is 12.4 Å². The van der Waals surface area contributed by atoms with Crippen LogP contribution in [0.3, 0.4) is 0 Å². The maximum atomic E-state index is 13.7. The summed E-state index contributed by atoms with van der Waals surface area (Å²) in [7, 11) is 1.57. The second-order valence-corrected chi connectivity index (χ2v) is 10.3. The Bertz CT molecular complexity index is 1240. The van der Waals surface area contributed by atoms with Crippen molar-refractivity contribution in [2.24, 2.45) is 0 Å². The third-order valence-corrected chi connectivity index (χ3v) is 5.75. The molecule has 1 aromatic heterocycles. The van der Waals surface area contributed by atoms with Crippen LogP contribution in [0.4, 0.5) is 5.82 Å². The van der Waals surface area contributed by atoms with E-state index >= 15 is 0 Å². The normalized spacial score (nSPS) is 11.9. The Hall–Kier alpha value is -4.14. The summed E-state index contributed by atoms with van der Waals surface area (Å²) in [6.45, 7) is 9.56. The predicted molar refractivity (Wildman–Crippen MR) is 144 cm³/mol. The van der Waals surface area contributed by atoms with Crippen molar-refractivity contribution < 1.29 is 23.6 Å². The zero-order chi connectivity index (χ0) is 27.9. The van der Waals surface area contributed by atoms with E-state index in [1.165, 1.54) is 4.90 Å². The molecule has 0 spiro atoms. The van der Waals surface area contributed by atoms with Crippen molar-refractivity contribution in [3.05, 3.63) is 77.0 Å². The second kappa shape index (κ2) is 12.4. The number of rotatable bonds is 10. The average molecular weight is 521 g/mol. The van der Waals surface area contributed by atoms with Crippen molar-refractivity contribution in [2.45, 2.75) is 65.6 Å². The fourth-order valence-corrected chi connectivity index (χ4v) is 3.91. The molecule has 0 fully saturated rings. The summed E-state index contributed by atoms with van der Waals surface area (Å²) in [6.07, 6.45) is -0.171. The van der Waals surface area contributed by atoms with Gasteiger partial charge < -0.3 is 24.8 Å². The highest BCUT2D eigenvalue weighted by atomic mass is 16.5. The van der Waals surface area contributed by atoms with E-state index in [0.717, 1.165) is 11.1 Å². The van der Waals surface area contributed by atoms with Gasteiger partial charge >= 0.3 is 0 Å². The standard InChI is InChI=1S/C29H36N4O5/c1-19-7-9-21(10-8-19)18-33(26(35)16-15-25(34)30-24-17-20(2)38-32-24)27(28(36)31-29(3,4)5)22-11-13-23(37-6)14-12-22/h7-14,17,27H,15-16,18H2,1-6H3,(H,31,36)(H,30,32,34)/t27-/m1/s1. The number of amides is 3. The Morgan fingerprint density at radius 3 is 2.21 bits per heavy atom. The summed E-state index contributed by atoms with van der Waals surface area (Å²) in [5.41, 5.74) is 2.07. The fraction of sp³-hybridized carbons (Fsp3) is 0.379. The van der Waals surface area contributed by atoms with E-state index in [-0.39, 0.29) is 42.9 Å². The first-order valence-electron chi connectivity index (χ1n) is 12.5. The molecule has 202 valence electrons. The van der Waals surface area contributed by atoms with Crippen molar-refractivity contribution >= 4 is 23.5 Å². The fourth-order valence-electron chi connectivity index (χ4n) is 3.91. The number of anilines is 1. The quantitative estimate of drug-likeness (QED) is 0.400. The molecule has 0 saturated heterocycles. The van der Waals surface area contributed by atoms with Crippen LogP contribution in [-0.2, 0) is 20.9 Å². The molecule has 0 saturated carbocycles. The molecule has 0 bridgehead atoms. The van der Waals surface area contributed by atoms with Crippen molar-refractivity contribution in [3.63, 3.8) is 0 Å². The number of hydrogen-bond acceptors (Lipinski definition) is 6. The maximum absolute atomic E-state index is 13.7. The van der Waals surface area contributed by atoms with Gasteiger partial charge in [-0.2, -0.15) is 0 Å². The molecule has 0 unspecified atom stereocenters. The summed E-state index contributed by atoms with van der Waals surface area (Å²) in [5.74, 6) is 0.472. The first-order chi connectivity index (χ1) is 17.9. The molecule has 38 heavy (non-hydrogen) atoms. The molecular weight excluding hydrogens is 484 g/mol. The number of aryl methyl sites for hydroxylation is 2. The number of aromatic nitrogens is 1. The molecule has 9 nitrogen and oxygen atoms in total. The van der Waals surface area contributed by atoms with Crippen LogP contribution in [0.5, 0.6) is 5.75 Å². The van der Waals surface area contributed by atoms with Gasteiger partial charge in [0.2, 0.25) is 17.7 Å². The second-order valence-electron chi connectivity index (χ2n) is 10.3. The Labute approximate surface area is 223 Å². The van der Waals surface area contributed by atoms with Gasteiger partial charge in [0.05, 0.1) is 7.11 Å². The number of ether oxygens (including phenoxy) is 1. The minimum atomic E-state index is -0.921. The molecule has 0 aliphatic rings. The van der Waals surface area contributed by atoms with Gasteiger partial charge in [0.25, 0.3) is 0 Å². The van der Waals surface area contributed by atoms with Gasteiger partial charge in [0.15, 0.2) is 5.82 Å². The number of carbonyl (C=O) groups is 3. The highest BCUT2D eigenvalue weighted by Gasteiger charge is 2.33. The molecule has 3 rings (SSSR count). The van der Waals surface area contributed by atoms with Gasteiger partial charge in [0, 0.05) is 31.0 Å². The smallest absolute Gasteiger partial charge is 0.247 e. The van der Waals surface area contributed by atoms with Crippen LogP contribution in [0.2, 0.25) is 0 Å². The molecule has 9 heteroatoms. The van der Waals surface area contributed by atoms with E-state index in [4.69, 9.17) is 9.26 Å². The number of benzene rings is 2. The molecule has 0 radical (unpaired) electrons.